The maximum absolute atomic E-state index is 12.1. The van der Waals surface area contributed by atoms with Gasteiger partial charge in [-0.3, -0.25) is 4.79 Å². The SMILES string of the molecule is CN(C)C(=O)CN=C(NC1CC2CCC1C2)N1CCC(C2CCOC2)C1. The number of likely N-dealkylation sites (N-methyl/N-ethyl adjacent to an activating group) is 1. The van der Waals surface area contributed by atoms with Crippen LogP contribution < -0.4 is 5.32 Å². The molecule has 4 rings (SSSR count). The fourth-order valence-corrected chi connectivity index (χ4v) is 5.40. The Balaban J connectivity index is 1.41. The number of fused-ring (bicyclic) bond motifs is 2. The van der Waals surface area contributed by atoms with Crippen LogP contribution >= 0.6 is 0 Å². The summed E-state index contributed by atoms with van der Waals surface area (Å²) in [6, 6.07) is 0.552. The Kier molecular flexibility index (Phi) is 5.39. The number of hydrogen-bond donors (Lipinski definition) is 1. The van der Waals surface area contributed by atoms with E-state index in [9.17, 15) is 4.79 Å². The molecule has 26 heavy (non-hydrogen) atoms. The summed E-state index contributed by atoms with van der Waals surface area (Å²) < 4.78 is 5.60. The van der Waals surface area contributed by atoms with E-state index in [2.05, 4.69) is 10.2 Å². The zero-order valence-corrected chi connectivity index (χ0v) is 16.3. The summed E-state index contributed by atoms with van der Waals surface area (Å²) in [7, 11) is 3.60. The average Bonchev–Trinajstić information content (AvgIpc) is 3.41. The Morgan fingerprint density at radius 1 is 1.15 bits per heavy atom. The van der Waals surface area contributed by atoms with Crippen molar-refractivity contribution >= 4 is 11.9 Å². The summed E-state index contributed by atoms with van der Waals surface area (Å²) in [6.07, 6.45) is 7.83. The van der Waals surface area contributed by atoms with Crippen molar-refractivity contribution in [2.45, 2.75) is 44.6 Å². The first kappa shape index (κ1) is 18.1. The minimum atomic E-state index is 0.0668. The van der Waals surface area contributed by atoms with Crippen molar-refractivity contribution in [2.24, 2.45) is 28.7 Å². The van der Waals surface area contributed by atoms with Gasteiger partial charge >= 0.3 is 0 Å². The third-order valence-electron chi connectivity index (χ3n) is 7.07. The molecule has 146 valence electrons. The number of likely N-dealkylation sites (tertiary alicyclic amines) is 1. The largest absolute Gasteiger partial charge is 0.381 e. The summed E-state index contributed by atoms with van der Waals surface area (Å²) in [5, 5.41) is 3.77. The molecule has 2 saturated heterocycles. The molecule has 2 aliphatic carbocycles. The Labute approximate surface area is 157 Å². The van der Waals surface area contributed by atoms with Crippen LogP contribution in [0.15, 0.2) is 4.99 Å². The van der Waals surface area contributed by atoms with Crippen molar-refractivity contribution in [2.75, 3.05) is 46.9 Å². The smallest absolute Gasteiger partial charge is 0.243 e. The molecule has 6 heteroatoms. The topological polar surface area (TPSA) is 57.2 Å². The minimum Gasteiger partial charge on any atom is -0.381 e. The van der Waals surface area contributed by atoms with E-state index in [1.807, 2.05) is 0 Å². The van der Waals surface area contributed by atoms with Crippen molar-refractivity contribution in [1.29, 1.82) is 0 Å². The van der Waals surface area contributed by atoms with Gasteiger partial charge in [-0.25, -0.2) is 4.99 Å². The van der Waals surface area contributed by atoms with E-state index in [-0.39, 0.29) is 12.5 Å². The van der Waals surface area contributed by atoms with Crippen LogP contribution in [0, 0.1) is 23.7 Å². The predicted octanol–water partition coefficient (Wildman–Crippen LogP) is 1.57. The summed E-state index contributed by atoms with van der Waals surface area (Å²) in [5.41, 5.74) is 0. The van der Waals surface area contributed by atoms with E-state index in [1.165, 1.54) is 38.5 Å². The maximum Gasteiger partial charge on any atom is 0.243 e. The Morgan fingerprint density at radius 2 is 2.04 bits per heavy atom. The van der Waals surface area contributed by atoms with Gasteiger partial charge in [0.2, 0.25) is 5.91 Å². The molecule has 2 saturated carbocycles. The molecule has 0 aromatic carbocycles. The van der Waals surface area contributed by atoms with Gasteiger partial charge in [0.15, 0.2) is 5.96 Å². The molecular weight excluding hydrogens is 328 g/mol. The van der Waals surface area contributed by atoms with Crippen LogP contribution in [-0.2, 0) is 9.53 Å². The molecule has 0 aromatic rings. The Bertz CT molecular complexity index is 544. The third-order valence-corrected chi connectivity index (χ3v) is 7.07. The molecule has 2 heterocycles. The van der Waals surface area contributed by atoms with Crippen molar-refractivity contribution in [3.05, 3.63) is 0 Å². The van der Waals surface area contributed by atoms with E-state index < -0.39 is 0 Å². The zero-order valence-electron chi connectivity index (χ0n) is 16.3. The molecule has 4 fully saturated rings. The Hall–Kier alpha value is -1.30. The molecule has 2 aliphatic heterocycles. The van der Waals surface area contributed by atoms with Crippen LogP contribution in [-0.4, -0.2) is 74.7 Å². The second-order valence-corrected chi connectivity index (χ2v) is 8.97. The lowest BCUT2D eigenvalue weighted by Crippen LogP contribution is -2.47. The number of nitrogens with one attached hydrogen (secondary N) is 1. The van der Waals surface area contributed by atoms with Gasteiger partial charge in [-0.05, 0) is 55.8 Å². The molecule has 0 spiro atoms. The van der Waals surface area contributed by atoms with Crippen molar-refractivity contribution in [3.8, 4) is 0 Å². The number of carbonyl (C=O) groups excluding carboxylic acids is 1. The number of aliphatic imine (C=N–C) groups is 1. The van der Waals surface area contributed by atoms with Gasteiger partial charge in [-0.1, -0.05) is 6.42 Å². The van der Waals surface area contributed by atoms with E-state index in [0.717, 1.165) is 44.1 Å². The highest BCUT2D eigenvalue weighted by Crippen LogP contribution is 2.44. The number of hydrogen-bond acceptors (Lipinski definition) is 3. The highest BCUT2D eigenvalue weighted by atomic mass is 16.5. The van der Waals surface area contributed by atoms with Gasteiger partial charge in [-0.2, -0.15) is 0 Å². The lowest BCUT2D eigenvalue weighted by molar-refractivity contribution is -0.127. The fraction of sp³-hybridized carbons (Fsp3) is 0.900. The van der Waals surface area contributed by atoms with Crippen LogP contribution in [0.3, 0.4) is 0 Å². The molecule has 1 N–H and O–H groups in total. The number of ether oxygens (including phenoxy) is 1. The molecule has 2 bridgehead atoms. The van der Waals surface area contributed by atoms with Crippen LogP contribution in [0.2, 0.25) is 0 Å². The van der Waals surface area contributed by atoms with Crippen LogP contribution in [0.4, 0.5) is 0 Å². The molecule has 5 unspecified atom stereocenters. The van der Waals surface area contributed by atoms with Gasteiger partial charge < -0.3 is 19.9 Å². The molecule has 0 radical (unpaired) electrons. The molecular formula is C20H34N4O2. The van der Waals surface area contributed by atoms with E-state index in [1.54, 1.807) is 19.0 Å². The first-order valence-electron chi connectivity index (χ1n) is 10.4. The summed E-state index contributed by atoms with van der Waals surface area (Å²) in [6.45, 7) is 4.18. The van der Waals surface area contributed by atoms with Crippen LogP contribution in [0.1, 0.15) is 38.5 Å². The first-order valence-corrected chi connectivity index (χ1v) is 10.4. The van der Waals surface area contributed by atoms with Gasteiger partial charge in [0.25, 0.3) is 0 Å². The summed E-state index contributed by atoms with van der Waals surface area (Å²) >= 11 is 0. The number of rotatable bonds is 4. The molecule has 5 atom stereocenters. The normalized spacial score (nSPS) is 36.8. The second-order valence-electron chi connectivity index (χ2n) is 8.97. The van der Waals surface area contributed by atoms with Gasteiger partial charge in [0, 0.05) is 46.4 Å². The van der Waals surface area contributed by atoms with Crippen LogP contribution in [0.5, 0.6) is 0 Å². The highest BCUT2D eigenvalue weighted by molar-refractivity contribution is 5.85. The number of amides is 1. The number of nitrogens with zero attached hydrogens (tertiary/aromatic N) is 3. The van der Waals surface area contributed by atoms with Gasteiger partial charge in [0.1, 0.15) is 6.54 Å². The van der Waals surface area contributed by atoms with Gasteiger partial charge in [0.05, 0.1) is 0 Å². The van der Waals surface area contributed by atoms with Gasteiger partial charge in [-0.15, -0.1) is 0 Å². The number of carbonyl (C=O) groups is 1. The van der Waals surface area contributed by atoms with Crippen molar-refractivity contribution in [1.82, 2.24) is 15.1 Å². The van der Waals surface area contributed by atoms with E-state index >= 15 is 0 Å². The highest BCUT2D eigenvalue weighted by Gasteiger charge is 2.41. The second kappa shape index (κ2) is 7.75. The lowest BCUT2D eigenvalue weighted by Gasteiger charge is -2.30. The average molecular weight is 363 g/mol. The quantitative estimate of drug-likeness (QED) is 0.609. The summed E-state index contributed by atoms with van der Waals surface area (Å²) in [5.74, 6) is 4.15. The molecule has 1 amide bonds. The van der Waals surface area contributed by atoms with Crippen molar-refractivity contribution in [3.63, 3.8) is 0 Å². The lowest BCUT2D eigenvalue weighted by atomic mass is 9.91. The molecule has 0 aromatic heterocycles. The van der Waals surface area contributed by atoms with E-state index in [0.29, 0.717) is 17.9 Å². The van der Waals surface area contributed by atoms with Crippen molar-refractivity contribution < 1.29 is 9.53 Å². The molecule has 4 aliphatic rings. The Morgan fingerprint density at radius 3 is 2.69 bits per heavy atom. The predicted molar refractivity (Wildman–Crippen MR) is 102 cm³/mol. The third kappa shape index (κ3) is 3.85. The fourth-order valence-electron chi connectivity index (χ4n) is 5.40. The minimum absolute atomic E-state index is 0.0668. The molecule has 6 nitrogen and oxygen atoms in total. The standard InChI is InChI=1S/C20H34N4O2/c1-23(2)19(25)11-21-20(22-18-10-14-3-4-15(18)9-14)24-7-5-16(12-24)17-6-8-26-13-17/h14-18H,3-13H2,1-2H3,(H,21,22). The van der Waals surface area contributed by atoms with Crippen LogP contribution in [0.25, 0.3) is 0 Å². The zero-order chi connectivity index (χ0) is 18.1. The summed E-state index contributed by atoms with van der Waals surface area (Å²) in [4.78, 5) is 20.8. The monoisotopic (exact) mass is 362 g/mol. The maximum atomic E-state index is 12.1. The first-order chi connectivity index (χ1) is 12.6. The van der Waals surface area contributed by atoms with E-state index in [4.69, 9.17) is 9.73 Å². The number of guanidine groups is 1.